The Morgan fingerprint density at radius 2 is 1.84 bits per heavy atom. The van der Waals surface area contributed by atoms with Crippen LogP contribution >= 0.6 is 0 Å². The van der Waals surface area contributed by atoms with Gasteiger partial charge in [0.1, 0.15) is 12.7 Å². The summed E-state index contributed by atoms with van der Waals surface area (Å²) in [4.78, 5) is 9.55. The van der Waals surface area contributed by atoms with E-state index in [1.807, 2.05) is 24.4 Å². The molecular formula is C20H22N4O. The van der Waals surface area contributed by atoms with Gasteiger partial charge in [-0.3, -0.25) is 10.3 Å². The molecule has 1 heterocycles. The average Bonchev–Trinajstić information content (AvgIpc) is 3.18. The van der Waals surface area contributed by atoms with E-state index in [0.29, 0.717) is 6.61 Å². The Morgan fingerprint density at radius 3 is 2.52 bits per heavy atom. The standard InChI is InChI=1S/C20H22N4O/c1-2-3-13-25-23-20(14-24-16-21-15-22-24)19-11-9-18(10-12-19)17-7-5-4-6-8-17/h4-12,14-16,23H,2-3,13H2,1H3. The largest absolute Gasteiger partial charge is 0.276 e. The summed E-state index contributed by atoms with van der Waals surface area (Å²) in [5.74, 6) is 0. The van der Waals surface area contributed by atoms with Crippen LogP contribution in [0.2, 0.25) is 0 Å². The average molecular weight is 334 g/mol. The first-order chi connectivity index (χ1) is 12.4. The molecule has 3 rings (SSSR count). The fourth-order valence-corrected chi connectivity index (χ4v) is 2.39. The van der Waals surface area contributed by atoms with Crippen LogP contribution in [-0.4, -0.2) is 21.4 Å². The van der Waals surface area contributed by atoms with Crippen molar-refractivity contribution in [2.24, 2.45) is 0 Å². The number of rotatable bonds is 8. The van der Waals surface area contributed by atoms with E-state index in [9.17, 15) is 0 Å². The Kier molecular flexibility index (Phi) is 5.96. The lowest BCUT2D eigenvalue weighted by Gasteiger charge is -2.12. The molecule has 0 amide bonds. The van der Waals surface area contributed by atoms with Crippen molar-refractivity contribution in [2.45, 2.75) is 19.8 Å². The van der Waals surface area contributed by atoms with Crippen molar-refractivity contribution in [3.05, 3.63) is 72.8 Å². The van der Waals surface area contributed by atoms with E-state index in [1.54, 1.807) is 11.0 Å². The number of nitrogens with one attached hydrogen (secondary N) is 1. The minimum Gasteiger partial charge on any atom is -0.276 e. The van der Waals surface area contributed by atoms with E-state index in [4.69, 9.17) is 4.84 Å². The zero-order valence-electron chi connectivity index (χ0n) is 14.3. The summed E-state index contributed by atoms with van der Waals surface area (Å²) in [6.45, 7) is 2.80. The van der Waals surface area contributed by atoms with Crippen LogP contribution < -0.4 is 5.48 Å². The molecule has 0 aliphatic rings. The maximum atomic E-state index is 5.57. The highest BCUT2D eigenvalue weighted by atomic mass is 16.6. The van der Waals surface area contributed by atoms with Gasteiger partial charge < -0.3 is 0 Å². The van der Waals surface area contributed by atoms with Gasteiger partial charge in [-0.05, 0) is 17.5 Å². The lowest BCUT2D eigenvalue weighted by atomic mass is 10.0. The minimum absolute atomic E-state index is 0.660. The minimum atomic E-state index is 0.660. The van der Waals surface area contributed by atoms with Gasteiger partial charge in [0, 0.05) is 5.56 Å². The Morgan fingerprint density at radius 1 is 1.08 bits per heavy atom. The van der Waals surface area contributed by atoms with Crippen LogP contribution in [0.25, 0.3) is 23.0 Å². The van der Waals surface area contributed by atoms with Gasteiger partial charge in [0.15, 0.2) is 0 Å². The van der Waals surface area contributed by atoms with E-state index in [2.05, 4.69) is 58.9 Å². The van der Waals surface area contributed by atoms with Crippen molar-refractivity contribution >= 4 is 11.9 Å². The summed E-state index contributed by atoms with van der Waals surface area (Å²) in [6, 6.07) is 18.7. The van der Waals surface area contributed by atoms with E-state index in [1.165, 1.54) is 17.5 Å². The highest BCUT2D eigenvalue weighted by Crippen LogP contribution is 2.22. The zero-order chi connectivity index (χ0) is 17.3. The molecule has 2 aromatic carbocycles. The third-order valence-electron chi connectivity index (χ3n) is 3.78. The van der Waals surface area contributed by atoms with Crippen molar-refractivity contribution in [3.8, 4) is 11.1 Å². The Balaban J connectivity index is 1.80. The summed E-state index contributed by atoms with van der Waals surface area (Å²) in [5, 5.41) is 4.12. The van der Waals surface area contributed by atoms with E-state index in [0.717, 1.165) is 24.1 Å². The zero-order valence-corrected chi connectivity index (χ0v) is 14.3. The van der Waals surface area contributed by atoms with E-state index >= 15 is 0 Å². The molecule has 0 unspecified atom stereocenters. The summed E-state index contributed by atoms with van der Waals surface area (Å²) in [7, 11) is 0. The van der Waals surface area contributed by atoms with Crippen LogP contribution in [-0.2, 0) is 4.84 Å². The van der Waals surface area contributed by atoms with Crippen LogP contribution in [0.1, 0.15) is 25.3 Å². The third kappa shape index (κ3) is 4.78. The molecule has 5 heteroatoms. The normalized spacial score (nSPS) is 11.5. The molecule has 0 spiro atoms. The van der Waals surface area contributed by atoms with Crippen molar-refractivity contribution in [1.82, 2.24) is 20.2 Å². The van der Waals surface area contributed by atoms with Gasteiger partial charge in [-0.2, -0.15) is 5.10 Å². The van der Waals surface area contributed by atoms with Crippen LogP contribution in [0.4, 0.5) is 0 Å². The second kappa shape index (κ2) is 8.80. The molecule has 1 aromatic heterocycles. The lowest BCUT2D eigenvalue weighted by Crippen LogP contribution is -2.15. The van der Waals surface area contributed by atoms with Gasteiger partial charge >= 0.3 is 0 Å². The first-order valence-corrected chi connectivity index (χ1v) is 8.46. The van der Waals surface area contributed by atoms with Crippen molar-refractivity contribution in [1.29, 1.82) is 0 Å². The van der Waals surface area contributed by atoms with E-state index < -0.39 is 0 Å². The molecule has 0 atom stereocenters. The van der Waals surface area contributed by atoms with Gasteiger partial charge in [-0.15, -0.1) is 0 Å². The van der Waals surface area contributed by atoms with Crippen molar-refractivity contribution < 1.29 is 4.84 Å². The molecule has 0 bridgehead atoms. The maximum Gasteiger partial charge on any atom is 0.138 e. The summed E-state index contributed by atoms with van der Waals surface area (Å²) in [6.07, 6.45) is 7.11. The highest BCUT2D eigenvalue weighted by molar-refractivity contribution is 5.75. The molecule has 0 fully saturated rings. The molecule has 3 aromatic rings. The fraction of sp³-hybridized carbons (Fsp3) is 0.200. The van der Waals surface area contributed by atoms with Crippen LogP contribution in [0, 0.1) is 0 Å². The number of benzene rings is 2. The van der Waals surface area contributed by atoms with Gasteiger partial charge in [0.25, 0.3) is 0 Å². The third-order valence-corrected chi connectivity index (χ3v) is 3.78. The number of aromatic nitrogens is 3. The number of hydrogen-bond acceptors (Lipinski definition) is 4. The Labute approximate surface area is 147 Å². The van der Waals surface area contributed by atoms with Crippen LogP contribution in [0.5, 0.6) is 0 Å². The molecule has 0 aliphatic carbocycles. The number of nitrogens with zero attached hydrogens (tertiary/aromatic N) is 3. The quantitative estimate of drug-likeness (QED) is 0.495. The summed E-state index contributed by atoms with van der Waals surface area (Å²) >= 11 is 0. The number of hydrogen-bond donors (Lipinski definition) is 1. The molecule has 128 valence electrons. The smallest absolute Gasteiger partial charge is 0.138 e. The van der Waals surface area contributed by atoms with Crippen molar-refractivity contribution in [3.63, 3.8) is 0 Å². The second-order valence-corrected chi connectivity index (χ2v) is 5.67. The Hall–Kier alpha value is -2.92. The van der Waals surface area contributed by atoms with Gasteiger partial charge in [-0.1, -0.05) is 67.9 Å². The van der Waals surface area contributed by atoms with E-state index in [-0.39, 0.29) is 0 Å². The first-order valence-electron chi connectivity index (χ1n) is 8.46. The SMILES string of the molecule is CCCCONC(=Cn1cncn1)c1ccc(-c2ccccc2)cc1. The predicted molar refractivity (Wildman–Crippen MR) is 100 cm³/mol. The molecule has 0 saturated carbocycles. The highest BCUT2D eigenvalue weighted by Gasteiger charge is 2.04. The van der Waals surface area contributed by atoms with Gasteiger partial charge in [0.2, 0.25) is 0 Å². The molecule has 5 nitrogen and oxygen atoms in total. The summed E-state index contributed by atoms with van der Waals surface area (Å²) in [5.41, 5.74) is 7.27. The van der Waals surface area contributed by atoms with Gasteiger partial charge in [0.05, 0.1) is 18.5 Å². The molecule has 25 heavy (non-hydrogen) atoms. The monoisotopic (exact) mass is 334 g/mol. The van der Waals surface area contributed by atoms with Crippen molar-refractivity contribution in [2.75, 3.05) is 6.61 Å². The van der Waals surface area contributed by atoms with Gasteiger partial charge in [-0.25, -0.2) is 9.67 Å². The number of unbranched alkanes of at least 4 members (excludes halogenated alkanes) is 1. The predicted octanol–water partition coefficient (Wildman–Crippen LogP) is 4.22. The first kappa shape index (κ1) is 16.9. The fourth-order valence-electron chi connectivity index (χ4n) is 2.39. The topological polar surface area (TPSA) is 52.0 Å². The molecular weight excluding hydrogens is 312 g/mol. The summed E-state index contributed by atoms with van der Waals surface area (Å²) < 4.78 is 1.65. The Bertz CT molecular complexity index is 780. The number of hydroxylamine groups is 1. The maximum absolute atomic E-state index is 5.57. The second-order valence-electron chi connectivity index (χ2n) is 5.67. The molecule has 0 radical (unpaired) electrons. The van der Waals surface area contributed by atoms with Crippen LogP contribution in [0.15, 0.2) is 67.3 Å². The molecule has 0 aliphatic heterocycles. The lowest BCUT2D eigenvalue weighted by molar-refractivity contribution is 0.0763. The van der Waals surface area contributed by atoms with Crippen LogP contribution in [0.3, 0.4) is 0 Å². The molecule has 1 N–H and O–H groups in total. The molecule has 0 saturated heterocycles.